The third kappa shape index (κ3) is 5.68. The van der Waals surface area contributed by atoms with Crippen LogP contribution < -0.4 is 5.32 Å². The first kappa shape index (κ1) is 21.1. The second-order valence-electron chi connectivity index (χ2n) is 6.90. The van der Waals surface area contributed by atoms with Crippen molar-refractivity contribution in [2.24, 2.45) is 0 Å². The first-order valence-corrected chi connectivity index (χ1v) is 9.37. The Morgan fingerprint density at radius 2 is 1.76 bits per heavy atom. The van der Waals surface area contributed by atoms with Crippen molar-refractivity contribution < 1.29 is 22.7 Å². The van der Waals surface area contributed by atoms with E-state index in [1.54, 1.807) is 0 Å². The second kappa shape index (κ2) is 9.24. The molecule has 0 unspecified atom stereocenters. The van der Waals surface area contributed by atoms with Gasteiger partial charge in [-0.15, -0.1) is 0 Å². The summed E-state index contributed by atoms with van der Waals surface area (Å²) in [5.74, 6) is -0.550. The summed E-state index contributed by atoms with van der Waals surface area (Å²) < 4.78 is 45.9. The number of morpholine rings is 1. The van der Waals surface area contributed by atoms with E-state index in [1.807, 2.05) is 24.3 Å². The minimum atomic E-state index is -4.51. The van der Waals surface area contributed by atoms with Crippen LogP contribution in [-0.2, 0) is 28.7 Å². The summed E-state index contributed by atoms with van der Waals surface area (Å²) in [5, 5.41) is 2.48. The number of ether oxygens (including phenoxy) is 1. The minimum absolute atomic E-state index is 0.0381. The lowest BCUT2D eigenvalue weighted by Crippen LogP contribution is -2.35. The van der Waals surface area contributed by atoms with Crippen LogP contribution in [0.15, 0.2) is 55.1 Å². The van der Waals surface area contributed by atoms with Crippen LogP contribution in [0.5, 0.6) is 0 Å². The minimum Gasteiger partial charge on any atom is -0.379 e. The predicted octanol–water partition coefficient (Wildman–Crippen LogP) is 4.25. The van der Waals surface area contributed by atoms with Crippen molar-refractivity contribution in [1.82, 2.24) is 4.90 Å². The first-order chi connectivity index (χ1) is 13.9. The number of hydrogen-bond acceptors (Lipinski definition) is 3. The van der Waals surface area contributed by atoms with Crippen LogP contribution in [0.1, 0.15) is 22.3 Å². The predicted molar refractivity (Wildman–Crippen MR) is 106 cm³/mol. The van der Waals surface area contributed by atoms with Gasteiger partial charge in [0.25, 0.3) is 0 Å². The summed E-state index contributed by atoms with van der Waals surface area (Å²) in [5.41, 5.74) is 1.26. The van der Waals surface area contributed by atoms with Crippen molar-refractivity contribution in [3.05, 3.63) is 77.4 Å². The van der Waals surface area contributed by atoms with Gasteiger partial charge >= 0.3 is 6.18 Å². The van der Waals surface area contributed by atoms with Gasteiger partial charge in [-0.3, -0.25) is 9.69 Å². The van der Waals surface area contributed by atoms with Crippen LogP contribution in [0, 0.1) is 0 Å². The zero-order chi connectivity index (χ0) is 20.9. The lowest BCUT2D eigenvalue weighted by Gasteiger charge is -2.26. The molecular formula is C22H23F3N2O2. The topological polar surface area (TPSA) is 41.6 Å². The molecule has 1 aliphatic rings. The monoisotopic (exact) mass is 404 g/mol. The number of halogens is 3. The van der Waals surface area contributed by atoms with Gasteiger partial charge in [-0.2, -0.15) is 13.2 Å². The molecule has 1 amide bonds. The van der Waals surface area contributed by atoms with E-state index in [-0.39, 0.29) is 17.7 Å². The molecule has 0 saturated carbocycles. The van der Waals surface area contributed by atoms with E-state index >= 15 is 0 Å². The summed E-state index contributed by atoms with van der Waals surface area (Å²) in [7, 11) is 0. The maximum Gasteiger partial charge on any atom is 0.416 e. The molecule has 1 fully saturated rings. The summed E-state index contributed by atoms with van der Waals surface area (Å²) >= 11 is 0. The van der Waals surface area contributed by atoms with Crippen molar-refractivity contribution in [2.45, 2.75) is 19.1 Å². The third-order valence-electron chi connectivity index (χ3n) is 4.84. The number of rotatable bonds is 6. The van der Waals surface area contributed by atoms with Gasteiger partial charge in [0.2, 0.25) is 5.91 Å². The third-order valence-corrected chi connectivity index (χ3v) is 4.84. The number of nitrogens with one attached hydrogen (secondary N) is 1. The molecule has 0 radical (unpaired) electrons. The number of anilines is 1. The lowest BCUT2D eigenvalue weighted by atomic mass is 9.96. The number of carbonyl (C=O) groups is 1. The molecule has 0 bridgehead atoms. The molecule has 1 N–H and O–H groups in total. The average Bonchev–Trinajstić information content (AvgIpc) is 2.70. The van der Waals surface area contributed by atoms with Crippen LogP contribution in [0.25, 0.3) is 0 Å². The van der Waals surface area contributed by atoms with E-state index < -0.39 is 17.6 Å². The number of nitrogens with zero attached hydrogens (tertiary/aromatic N) is 1. The van der Waals surface area contributed by atoms with Crippen LogP contribution in [0.2, 0.25) is 0 Å². The number of alkyl halides is 3. The Morgan fingerprint density at radius 1 is 1.10 bits per heavy atom. The molecule has 29 heavy (non-hydrogen) atoms. The molecule has 7 heteroatoms. The van der Waals surface area contributed by atoms with Crippen LogP contribution in [0.3, 0.4) is 0 Å². The van der Waals surface area contributed by atoms with Crippen molar-refractivity contribution in [3.63, 3.8) is 0 Å². The van der Waals surface area contributed by atoms with Gasteiger partial charge in [-0.1, -0.05) is 36.9 Å². The summed E-state index contributed by atoms with van der Waals surface area (Å²) in [6.07, 6.45) is -3.43. The highest BCUT2D eigenvalue weighted by Gasteiger charge is 2.34. The fourth-order valence-electron chi connectivity index (χ4n) is 3.33. The smallest absolute Gasteiger partial charge is 0.379 e. The van der Waals surface area contributed by atoms with E-state index in [2.05, 4.69) is 16.8 Å². The molecule has 0 atom stereocenters. The molecular weight excluding hydrogens is 381 g/mol. The van der Waals surface area contributed by atoms with Gasteiger partial charge in [-0.05, 0) is 34.9 Å². The molecule has 0 aliphatic carbocycles. The number of benzene rings is 2. The van der Waals surface area contributed by atoms with Gasteiger partial charge < -0.3 is 10.1 Å². The number of hydrogen-bond donors (Lipinski definition) is 1. The van der Waals surface area contributed by atoms with Gasteiger partial charge in [0, 0.05) is 31.7 Å². The lowest BCUT2D eigenvalue weighted by molar-refractivity contribution is -0.138. The molecule has 3 rings (SSSR count). The van der Waals surface area contributed by atoms with Crippen molar-refractivity contribution in [2.75, 3.05) is 31.6 Å². The van der Waals surface area contributed by atoms with Crippen LogP contribution in [-0.4, -0.2) is 37.1 Å². The fraction of sp³-hybridized carbons (Fsp3) is 0.318. The number of amides is 1. The van der Waals surface area contributed by atoms with E-state index in [0.717, 1.165) is 42.9 Å². The van der Waals surface area contributed by atoms with E-state index in [9.17, 15) is 18.0 Å². The number of carbonyl (C=O) groups excluding carboxylic acids is 1. The van der Waals surface area contributed by atoms with Gasteiger partial charge in [0.1, 0.15) is 0 Å². The van der Waals surface area contributed by atoms with Crippen LogP contribution >= 0.6 is 0 Å². The fourth-order valence-corrected chi connectivity index (χ4v) is 3.33. The van der Waals surface area contributed by atoms with Crippen molar-refractivity contribution in [3.8, 4) is 0 Å². The quantitative estimate of drug-likeness (QED) is 0.732. The average molecular weight is 404 g/mol. The van der Waals surface area contributed by atoms with E-state index in [4.69, 9.17) is 4.74 Å². The van der Waals surface area contributed by atoms with Crippen molar-refractivity contribution in [1.29, 1.82) is 0 Å². The standard InChI is InChI=1S/C22H23F3N2O2/c1-2-21(28)26-20-5-3-4-19(22(23,24)25)18(20)14-16-6-8-17(9-7-16)15-27-10-12-29-13-11-27/h2-9H,1,10-15H2,(H,26,28). The molecule has 0 spiro atoms. The zero-order valence-corrected chi connectivity index (χ0v) is 16.0. The summed E-state index contributed by atoms with van der Waals surface area (Å²) in [6, 6.07) is 11.3. The van der Waals surface area contributed by atoms with E-state index in [0.29, 0.717) is 13.2 Å². The zero-order valence-electron chi connectivity index (χ0n) is 16.0. The maximum atomic E-state index is 13.5. The Labute approximate surface area is 168 Å². The highest BCUT2D eigenvalue weighted by molar-refractivity contribution is 5.99. The van der Waals surface area contributed by atoms with Crippen molar-refractivity contribution >= 4 is 11.6 Å². The second-order valence-corrected chi connectivity index (χ2v) is 6.90. The Bertz CT molecular complexity index is 857. The first-order valence-electron chi connectivity index (χ1n) is 9.37. The highest BCUT2D eigenvalue weighted by atomic mass is 19.4. The molecule has 2 aromatic carbocycles. The summed E-state index contributed by atoms with van der Waals surface area (Å²) in [6.45, 7) is 7.30. The largest absolute Gasteiger partial charge is 0.416 e. The Hall–Kier alpha value is -2.64. The van der Waals surface area contributed by atoms with E-state index in [1.165, 1.54) is 12.1 Å². The maximum absolute atomic E-state index is 13.5. The molecule has 154 valence electrons. The molecule has 0 aromatic heterocycles. The SMILES string of the molecule is C=CC(=O)Nc1cccc(C(F)(F)F)c1Cc1ccc(CN2CCOCC2)cc1. The molecule has 2 aromatic rings. The Kier molecular flexibility index (Phi) is 6.71. The molecule has 1 heterocycles. The highest BCUT2D eigenvalue weighted by Crippen LogP contribution is 2.36. The molecule has 1 aliphatic heterocycles. The normalized spacial score (nSPS) is 15.1. The molecule has 1 saturated heterocycles. The van der Waals surface area contributed by atoms with Gasteiger partial charge in [0.05, 0.1) is 18.8 Å². The molecule has 4 nitrogen and oxygen atoms in total. The van der Waals surface area contributed by atoms with Gasteiger partial charge in [-0.25, -0.2) is 0 Å². The Morgan fingerprint density at radius 3 is 2.38 bits per heavy atom. The Balaban J connectivity index is 1.82. The van der Waals surface area contributed by atoms with Gasteiger partial charge in [0.15, 0.2) is 0 Å². The summed E-state index contributed by atoms with van der Waals surface area (Å²) in [4.78, 5) is 13.9. The van der Waals surface area contributed by atoms with Crippen LogP contribution in [0.4, 0.5) is 18.9 Å².